The van der Waals surface area contributed by atoms with Gasteiger partial charge >= 0.3 is 108 Å². The number of ether oxygens (including phenoxy) is 1. The summed E-state index contributed by atoms with van der Waals surface area (Å²) >= 11 is 0.814. The second-order valence-corrected chi connectivity index (χ2v) is 6.02. The van der Waals surface area contributed by atoms with Gasteiger partial charge in [-0.3, -0.25) is 0 Å². The molecular weight excluding hydrogens is 275 g/mol. The topological polar surface area (TPSA) is 39.2 Å². The molecule has 0 spiro atoms. The molecule has 2 aromatic rings. The van der Waals surface area contributed by atoms with Gasteiger partial charge in [-0.15, -0.1) is 0 Å². The van der Waals surface area contributed by atoms with Crippen molar-refractivity contribution in [2.24, 2.45) is 0 Å². The molecule has 1 aromatic heterocycles. The molecule has 1 aromatic carbocycles. The van der Waals surface area contributed by atoms with E-state index in [9.17, 15) is 4.79 Å². The summed E-state index contributed by atoms with van der Waals surface area (Å²) in [6.07, 6.45) is 1.43. The second-order valence-electron chi connectivity index (χ2n) is 3.92. The van der Waals surface area contributed by atoms with E-state index in [0.717, 1.165) is 33.8 Å². The van der Waals surface area contributed by atoms with Crippen molar-refractivity contribution < 1.29 is 9.53 Å². The number of hydrogen-bond acceptors (Lipinski definition) is 3. The molecule has 4 heteroatoms. The van der Waals surface area contributed by atoms with Gasteiger partial charge in [0.05, 0.1) is 0 Å². The molecule has 0 atom stereocenters. The number of benzene rings is 1. The van der Waals surface area contributed by atoms with Crippen LogP contribution in [-0.2, 0) is 4.79 Å². The number of para-hydroxylation sites is 1. The second kappa shape index (κ2) is 5.82. The predicted octanol–water partition coefficient (Wildman–Crippen LogP) is 1.70. The van der Waals surface area contributed by atoms with E-state index >= 15 is 0 Å². The standard InChI is InChI=1S/C13H15GeNO2/c14-9-3-6-13(16)17-12-8-7-10-4-1-2-5-11(10)15-12/h1-2,4-5,7-8H,3,6,9H2,14H3. The van der Waals surface area contributed by atoms with Gasteiger partial charge in [-0.1, -0.05) is 0 Å². The molecule has 0 aliphatic carbocycles. The maximum absolute atomic E-state index is 11.5. The molecule has 0 bridgehead atoms. The third-order valence-corrected chi connectivity index (χ3v) is 4.01. The fourth-order valence-electron chi connectivity index (χ4n) is 1.59. The average Bonchev–Trinajstić information content (AvgIpc) is 2.36. The molecule has 1 heterocycles. The van der Waals surface area contributed by atoms with Crippen LogP contribution in [0.2, 0.25) is 5.25 Å². The molecule has 17 heavy (non-hydrogen) atoms. The normalized spacial score (nSPS) is 10.6. The molecule has 0 aliphatic rings. The average molecular weight is 290 g/mol. The first-order valence-corrected chi connectivity index (χ1v) is 8.83. The van der Waals surface area contributed by atoms with Crippen LogP contribution in [0.15, 0.2) is 36.4 Å². The van der Waals surface area contributed by atoms with Gasteiger partial charge in [0.2, 0.25) is 0 Å². The number of fused-ring (bicyclic) bond motifs is 1. The Bertz CT molecular complexity index is 528. The predicted molar refractivity (Wildman–Crippen MR) is 71.4 cm³/mol. The van der Waals surface area contributed by atoms with Crippen molar-refractivity contribution >= 4 is 33.4 Å². The first kappa shape index (κ1) is 12.1. The van der Waals surface area contributed by atoms with Crippen molar-refractivity contribution in [2.75, 3.05) is 0 Å². The van der Waals surface area contributed by atoms with Gasteiger partial charge in [-0.05, 0) is 0 Å². The number of pyridine rings is 1. The molecule has 0 saturated heterocycles. The van der Waals surface area contributed by atoms with Crippen LogP contribution in [0, 0.1) is 0 Å². The van der Waals surface area contributed by atoms with Gasteiger partial charge in [-0.2, -0.15) is 0 Å². The summed E-state index contributed by atoms with van der Waals surface area (Å²) in [4.78, 5) is 15.8. The fraction of sp³-hybridized carbons (Fsp3) is 0.231. The van der Waals surface area contributed by atoms with Gasteiger partial charge in [0, 0.05) is 0 Å². The molecule has 0 fully saturated rings. The Kier molecular flexibility index (Phi) is 4.14. The summed E-state index contributed by atoms with van der Waals surface area (Å²) in [6, 6.07) is 11.4. The van der Waals surface area contributed by atoms with E-state index in [1.165, 1.54) is 5.25 Å². The van der Waals surface area contributed by atoms with Crippen molar-refractivity contribution in [1.29, 1.82) is 0 Å². The van der Waals surface area contributed by atoms with Gasteiger partial charge in [0.15, 0.2) is 0 Å². The number of esters is 1. The van der Waals surface area contributed by atoms with E-state index in [1.54, 1.807) is 6.07 Å². The van der Waals surface area contributed by atoms with E-state index < -0.39 is 0 Å². The zero-order valence-electron chi connectivity index (χ0n) is 9.85. The third-order valence-electron chi connectivity index (χ3n) is 2.53. The summed E-state index contributed by atoms with van der Waals surface area (Å²) in [5, 5.41) is 2.22. The first-order chi connectivity index (χ1) is 8.29. The molecule has 0 saturated carbocycles. The Balaban J connectivity index is 2.11. The zero-order valence-corrected chi connectivity index (χ0v) is 14.0. The van der Waals surface area contributed by atoms with E-state index in [1.807, 2.05) is 30.3 Å². The van der Waals surface area contributed by atoms with Gasteiger partial charge in [0.25, 0.3) is 0 Å². The number of rotatable bonds is 4. The van der Waals surface area contributed by atoms with Crippen LogP contribution in [0.4, 0.5) is 0 Å². The van der Waals surface area contributed by atoms with Crippen molar-refractivity contribution in [2.45, 2.75) is 18.1 Å². The molecule has 0 unspecified atom stereocenters. The van der Waals surface area contributed by atoms with Gasteiger partial charge < -0.3 is 0 Å². The quantitative estimate of drug-likeness (QED) is 0.635. The van der Waals surface area contributed by atoms with Gasteiger partial charge in [-0.25, -0.2) is 0 Å². The molecule has 2 rings (SSSR count). The van der Waals surface area contributed by atoms with Crippen LogP contribution in [0.5, 0.6) is 5.88 Å². The monoisotopic (exact) mass is 291 g/mol. The number of carbonyl (C=O) groups is 1. The van der Waals surface area contributed by atoms with Crippen LogP contribution in [0.25, 0.3) is 10.9 Å². The molecule has 88 valence electrons. The van der Waals surface area contributed by atoms with Crippen molar-refractivity contribution in [3.8, 4) is 5.88 Å². The van der Waals surface area contributed by atoms with Crippen LogP contribution >= 0.6 is 0 Å². The first-order valence-electron chi connectivity index (χ1n) is 5.86. The summed E-state index contributed by atoms with van der Waals surface area (Å²) in [5.74, 6) is 0.211. The fourth-order valence-corrected chi connectivity index (χ4v) is 2.33. The summed E-state index contributed by atoms with van der Waals surface area (Å²) < 4.78 is 5.20. The van der Waals surface area contributed by atoms with E-state index in [4.69, 9.17) is 4.74 Å². The number of nitrogens with zero attached hydrogens (tertiary/aromatic N) is 1. The van der Waals surface area contributed by atoms with Crippen molar-refractivity contribution in [1.82, 2.24) is 4.98 Å². The van der Waals surface area contributed by atoms with Crippen LogP contribution in [-0.4, -0.2) is 27.5 Å². The molecule has 3 nitrogen and oxygen atoms in total. The van der Waals surface area contributed by atoms with E-state index in [2.05, 4.69) is 4.98 Å². The molecule has 0 radical (unpaired) electrons. The Labute approximate surface area is 108 Å². The number of carbonyl (C=O) groups excluding carboxylic acids is 1. The maximum atomic E-state index is 11.5. The number of hydrogen-bond donors (Lipinski definition) is 0. The minimum absolute atomic E-state index is 0.183. The Hall–Kier alpha value is -1.36. The Morgan fingerprint density at radius 1 is 1.24 bits per heavy atom. The third kappa shape index (κ3) is 3.30. The van der Waals surface area contributed by atoms with Crippen LogP contribution in [0.1, 0.15) is 12.8 Å². The molecule has 0 N–H and O–H groups in total. The summed E-state index contributed by atoms with van der Waals surface area (Å²) in [6.45, 7) is 0. The number of aromatic nitrogens is 1. The summed E-state index contributed by atoms with van der Waals surface area (Å²) in [5.41, 5.74) is 0.850. The Morgan fingerprint density at radius 3 is 2.88 bits per heavy atom. The molecule has 0 aliphatic heterocycles. The summed E-state index contributed by atoms with van der Waals surface area (Å²) in [7, 11) is 0. The SMILES string of the molecule is O=C(CC[CH2][GeH3])Oc1ccc2ccccc2n1. The molecular formula is C13H15GeNO2. The van der Waals surface area contributed by atoms with Crippen molar-refractivity contribution in [3.05, 3.63) is 36.4 Å². The van der Waals surface area contributed by atoms with Gasteiger partial charge in [0.1, 0.15) is 0 Å². The van der Waals surface area contributed by atoms with E-state index in [-0.39, 0.29) is 5.97 Å². The van der Waals surface area contributed by atoms with Crippen LogP contribution in [0.3, 0.4) is 0 Å². The van der Waals surface area contributed by atoms with Crippen molar-refractivity contribution in [3.63, 3.8) is 0 Å². The Morgan fingerprint density at radius 2 is 2.06 bits per heavy atom. The van der Waals surface area contributed by atoms with Crippen LogP contribution < -0.4 is 4.74 Å². The zero-order chi connectivity index (χ0) is 12.1. The van der Waals surface area contributed by atoms with E-state index in [0.29, 0.717) is 12.3 Å². The molecule has 0 amide bonds. The minimum atomic E-state index is -0.183.